The van der Waals surface area contributed by atoms with E-state index in [1.807, 2.05) is 45.0 Å². The van der Waals surface area contributed by atoms with Crippen molar-refractivity contribution in [3.05, 3.63) is 34.3 Å². The molecule has 0 saturated carbocycles. The van der Waals surface area contributed by atoms with E-state index >= 15 is 0 Å². The van der Waals surface area contributed by atoms with Crippen LogP contribution in [0.3, 0.4) is 0 Å². The fourth-order valence-corrected chi connectivity index (χ4v) is 1.72. The Morgan fingerprint density at radius 2 is 1.78 bits per heavy atom. The van der Waals surface area contributed by atoms with Crippen molar-refractivity contribution in [1.82, 2.24) is 0 Å². The maximum atomic E-state index is 10.1. The highest BCUT2D eigenvalue weighted by Crippen LogP contribution is 2.15. The number of carbonyl (C=O) groups excluding carboxylic acids is 1. The SMILES string of the molecule is CCOC(C)OCC.O=CCc1ccccc1Br. The Morgan fingerprint density at radius 3 is 2.22 bits per heavy atom. The molecule has 0 amide bonds. The summed E-state index contributed by atoms with van der Waals surface area (Å²) in [6.07, 6.45) is 1.35. The van der Waals surface area contributed by atoms with Crippen LogP contribution in [0.1, 0.15) is 26.3 Å². The van der Waals surface area contributed by atoms with E-state index in [-0.39, 0.29) is 6.29 Å². The smallest absolute Gasteiger partial charge is 0.154 e. The zero-order valence-corrected chi connectivity index (χ0v) is 12.8. The first kappa shape index (κ1) is 17.3. The molecule has 4 heteroatoms. The van der Waals surface area contributed by atoms with E-state index in [0.29, 0.717) is 6.42 Å². The van der Waals surface area contributed by atoms with Crippen LogP contribution in [0.15, 0.2) is 28.7 Å². The van der Waals surface area contributed by atoms with Crippen LogP contribution in [0.25, 0.3) is 0 Å². The standard InChI is InChI=1S/C8H7BrO.C6H14O2/c9-8-4-2-1-3-7(8)5-6-10;1-4-7-6(3)8-5-2/h1-4,6H,5H2;6H,4-5H2,1-3H3. The summed E-state index contributed by atoms with van der Waals surface area (Å²) in [5.41, 5.74) is 1.04. The van der Waals surface area contributed by atoms with Gasteiger partial charge in [-0.1, -0.05) is 34.1 Å². The molecule has 0 unspecified atom stereocenters. The van der Waals surface area contributed by atoms with Crippen LogP contribution in [0.4, 0.5) is 0 Å². The highest BCUT2D eigenvalue weighted by molar-refractivity contribution is 9.10. The first-order valence-electron chi connectivity index (χ1n) is 6.05. The Bertz CT molecular complexity index is 323. The lowest BCUT2D eigenvalue weighted by Gasteiger charge is -2.09. The Balaban J connectivity index is 0.000000331. The van der Waals surface area contributed by atoms with Gasteiger partial charge in [-0.05, 0) is 32.4 Å². The minimum absolute atomic E-state index is 0.0370. The van der Waals surface area contributed by atoms with Gasteiger partial charge < -0.3 is 14.3 Å². The summed E-state index contributed by atoms with van der Waals surface area (Å²) in [5, 5.41) is 0. The Morgan fingerprint density at radius 1 is 1.22 bits per heavy atom. The van der Waals surface area contributed by atoms with Gasteiger partial charge in [-0.2, -0.15) is 0 Å². The molecule has 18 heavy (non-hydrogen) atoms. The molecule has 0 heterocycles. The third-order valence-electron chi connectivity index (χ3n) is 2.06. The largest absolute Gasteiger partial charge is 0.353 e. The molecule has 102 valence electrons. The fraction of sp³-hybridized carbons (Fsp3) is 0.500. The predicted octanol–water partition coefficient (Wildman–Crippen LogP) is 3.60. The molecule has 0 aromatic heterocycles. The van der Waals surface area contributed by atoms with Crippen molar-refractivity contribution in [3.63, 3.8) is 0 Å². The second kappa shape index (κ2) is 11.4. The predicted molar refractivity (Wildman–Crippen MR) is 76.6 cm³/mol. The summed E-state index contributed by atoms with van der Waals surface area (Å²) in [6, 6.07) is 7.71. The van der Waals surface area contributed by atoms with Crippen LogP contribution in [0, 0.1) is 0 Å². The number of benzene rings is 1. The molecule has 0 saturated heterocycles. The number of ether oxygens (including phenoxy) is 2. The molecule has 0 aliphatic heterocycles. The van der Waals surface area contributed by atoms with Crippen molar-refractivity contribution in [2.45, 2.75) is 33.5 Å². The number of carbonyl (C=O) groups is 1. The van der Waals surface area contributed by atoms with E-state index in [0.717, 1.165) is 29.5 Å². The minimum Gasteiger partial charge on any atom is -0.353 e. The Kier molecular flexibility index (Phi) is 10.9. The molecular formula is C14H21BrO3. The zero-order chi connectivity index (χ0) is 13.8. The van der Waals surface area contributed by atoms with Gasteiger partial charge in [0.1, 0.15) is 6.29 Å². The van der Waals surface area contributed by atoms with E-state index in [2.05, 4.69) is 15.9 Å². The van der Waals surface area contributed by atoms with Crippen LogP contribution in [0.5, 0.6) is 0 Å². The number of aldehydes is 1. The van der Waals surface area contributed by atoms with Gasteiger partial charge in [-0.25, -0.2) is 0 Å². The van der Waals surface area contributed by atoms with Crippen molar-refractivity contribution >= 4 is 22.2 Å². The third kappa shape index (κ3) is 8.39. The molecule has 0 atom stereocenters. The van der Waals surface area contributed by atoms with Crippen LogP contribution in [-0.2, 0) is 20.7 Å². The third-order valence-corrected chi connectivity index (χ3v) is 2.84. The summed E-state index contributed by atoms with van der Waals surface area (Å²) in [4.78, 5) is 10.1. The molecule has 0 aliphatic carbocycles. The number of rotatable bonds is 6. The van der Waals surface area contributed by atoms with Crippen LogP contribution in [0.2, 0.25) is 0 Å². The maximum Gasteiger partial charge on any atom is 0.154 e. The van der Waals surface area contributed by atoms with E-state index in [9.17, 15) is 4.79 Å². The van der Waals surface area contributed by atoms with Crippen molar-refractivity contribution in [2.75, 3.05) is 13.2 Å². The van der Waals surface area contributed by atoms with Gasteiger partial charge in [0.2, 0.25) is 0 Å². The molecule has 0 spiro atoms. The lowest BCUT2D eigenvalue weighted by molar-refractivity contribution is -0.123. The number of halogens is 1. The maximum absolute atomic E-state index is 10.1. The topological polar surface area (TPSA) is 35.5 Å². The molecule has 0 fully saturated rings. The summed E-state index contributed by atoms with van der Waals surface area (Å²) >= 11 is 3.34. The lowest BCUT2D eigenvalue weighted by atomic mass is 10.2. The molecule has 0 radical (unpaired) electrons. The van der Waals surface area contributed by atoms with E-state index in [1.165, 1.54) is 0 Å². The summed E-state index contributed by atoms with van der Waals surface area (Å²) < 4.78 is 11.1. The first-order valence-corrected chi connectivity index (χ1v) is 6.85. The van der Waals surface area contributed by atoms with Gasteiger partial charge in [0.15, 0.2) is 6.29 Å². The minimum atomic E-state index is -0.0370. The fourth-order valence-electron chi connectivity index (χ4n) is 1.27. The number of hydrogen-bond acceptors (Lipinski definition) is 3. The first-order chi connectivity index (χ1) is 8.65. The highest BCUT2D eigenvalue weighted by atomic mass is 79.9. The molecule has 0 N–H and O–H groups in total. The second-order valence-corrected chi connectivity index (χ2v) is 4.29. The highest BCUT2D eigenvalue weighted by Gasteiger charge is 1.95. The number of hydrogen-bond donors (Lipinski definition) is 0. The van der Waals surface area contributed by atoms with E-state index < -0.39 is 0 Å². The lowest BCUT2D eigenvalue weighted by Crippen LogP contribution is -2.11. The average Bonchev–Trinajstić information content (AvgIpc) is 2.34. The normalized spacial score (nSPS) is 9.83. The van der Waals surface area contributed by atoms with Gasteiger partial charge in [-0.3, -0.25) is 0 Å². The average molecular weight is 317 g/mol. The molecule has 3 nitrogen and oxygen atoms in total. The molecule has 1 rings (SSSR count). The van der Waals surface area contributed by atoms with Gasteiger partial charge in [0.25, 0.3) is 0 Å². The molecule has 0 bridgehead atoms. The van der Waals surface area contributed by atoms with Crippen molar-refractivity contribution in [3.8, 4) is 0 Å². The second-order valence-electron chi connectivity index (χ2n) is 3.44. The van der Waals surface area contributed by atoms with E-state index in [1.54, 1.807) is 0 Å². The van der Waals surface area contributed by atoms with Crippen LogP contribution < -0.4 is 0 Å². The molecular weight excluding hydrogens is 296 g/mol. The van der Waals surface area contributed by atoms with Gasteiger partial charge in [0.05, 0.1) is 0 Å². The van der Waals surface area contributed by atoms with Gasteiger partial charge in [0, 0.05) is 24.1 Å². The van der Waals surface area contributed by atoms with Crippen molar-refractivity contribution < 1.29 is 14.3 Å². The quantitative estimate of drug-likeness (QED) is 0.594. The summed E-state index contributed by atoms with van der Waals surface area (Å²) in [5.74, 6) is 0. The molecule has 0 aliphatic rings. The van der Waals surface area contributed by atoms with Crippen molar-refractivity contribution in [1.29, 1.82) is 0 Å². The van der Waals surface area contributed by atoms with E-state index in [4.69, 9.17) is 9.47 Å². The summed E-state index contributed by atoms with van der Waals surface area (Å²) in [7, 11) is 0. The van der Waals surface area contributed by atoms with Gasteiger partial charge in [-0.15, -0.1) is 0 Å². The molecule has 1 aromatic carbocycles. The van der Waals surface area contributed by atoms with Gasteiger partial charge >= 0.3 is 0 Å². The Hall–Kier alpha value is -0.710. The van der Waals surface area contributed by atoms with Crippen molar-refractivity contribution in [2.24, 2.45) is 0 Å². The molecule has 1 aromatic rings. The van der Waals surface area contributed by atoms with Crippen LogP contribution >= 0.6 is 15.9 Å². The zero-order valence-electron chi connectivity index (χ0n) is 11.2. The van der Waals surface area contributed by atoms with Crippen LogP contribution in [-0.4, -0.2) is 25.8 Å². The summed E-state index contributed by atoms with van der Waals surface area (Å²) in [6.45, 7) is 7.25. The Labute approximate surface area is 118 Å². The monoisotopic (exact) mass is 316 g/mol.